The van der Waals surface area contributed by atoms with E-state index in [2.05, 4.69) is 15.0 Å². The van der Waals surface area contributed by atoms with Gasteiger partial charge in [0.2, 0.25) is 5.91 Å². The molecule has 3 aromatic rings. The molecule has 0 saturated heterocycles. The Morgan fingerprint density at radius 3 is 2.31 bits per heavy atom. The molecule has 0 aliphatic rings. The predicted octanol–water partition coefficient (Wildman–Crippen LogP) is 2.31. The maximum Gasteiger partial charge on any atom is 0.337 e. The van der Waals surface area contributed by atoms with Gasteiger partial charge in [0.15, 0.2) is 0 Å². The second kappa shape index (κ2) is 8.14. The van der Waals surface area contributed by atoms with Crippen LogP contribution in [-0.4, -0.2) is 28.5 Å². The molecule has 0 aliphatic heterocycles. The van der Waals surface area contributed by atoms with Crippen LogP contribution in [0.25, 0.3) is 10.9 Å². The molecule has 0 spiro atoms. The van der Waals surface area contributed by atoms with Crippen molar-refractivity contribution in [1.82, 2.24) is 9.55 Å². The van der Waals surface area contributed by atoms with Crippen LogP contribution in [0.15, 0.2) is 58.1 Å². The highest BCUT2D eigenvalue weighted by Gasteiger charge is 2.28. The number of aromatic amines is 1. The molecule has 1 atom stereocenters. The number of nitrogens with one attached hydrogen (secondary N) is 2. The molecule has 0 aliphatic carbocycles. The fourth-order valence-electron chi connectivity index (χ4n) is 3.17. The number of methoxy groups -OCH3 is 1. The van der Waals surface area contributed by atoms with E-state index < -0.39 is 29.2 Å². The summed E-state index contributed by atoms with van der Waals surface area (Å²) in [4.78, 5) is 52.6. The first-order valence-corrected chi connectivity index (χ1v) is 9.06. The maximum absolute atomic E-state index is 13.0. The number of hydrogen-bond acceptors (Lipinski definition) is 5. The highest BCUT2D eigenvalue weighted by atomic mass is 16.5. The Balaban J connectivity index is 1.97. The van der Waals surface area contributed by atoms with Crippen molar-refractivity contribution < 1.29 is 14.3 Å². The van der Waals surface area contributed by atoms with Crippen molar-refractivity contribution in [1.29, 1.82) is 0 Å². The fraction of sp³-hybridized carbons (Fsp3) is 0.238. The van der Waals surface area contributed by atoms with Crippen molar-refractivity contribution >= 4 is 28.5 Å². The molecule has 150 valence electrons. The Kier molecular flexibility index (Phi) is 5.63. The lowest BCUT2D eigenvalue weighted by Crippen LogP contribution is -2.44. The topological polar surface area (TPSA) is 110 Å². The van der Waals surface area contributed by atoms with Gasteiger partial charge in [0.25, 0.3) is 5.56 Å². The molecular formula is C21H21N3O5. The molecule has 0 saturated carbocycles. The highest BCUT2D eigenvalue weighted by Crippen LogP contribution is 2.19. The molecule has 3 rings (SSSR count). The Morgan fingerprint density at radius 1 is 1.03 bits per heavy atom. The van der Waals surface area contributed by atoms with Crippen LogP contribution >= 0.6 is 0 Å². The van der Waals surface area contributed by atoms with Crippen LogP contribution in [-0.2, 0) is 9.53 Å². The second-order valence-corrected chi connectivity index (χ2v) is 6.90. The molecule has 1 amide bonds. The number of nitrogens with zero attached hydrogens (tertiary/aromatic N) is 1. The summed E-state index contributed by atoms with van der Waals surface area (Å²) in [6.07, 6.45) is 0. The van der Waals surface area contributed by atoms with Crippen LogP contribution in [0.5, 0.6) is 0 Å². The molecule has 0 fully saturated rings. The standard InChI is InChI=1S/C21H21N3O5/c1-12(2)17(18(25)22-14-10-8-13(9-11-14)20(27)29-3)24-19(26)15-6-4-5-7-16(15)23-21(24)28/h4-12,17H,1-3H3,(H,22,25)(H,23,28). The van der Waals surface area contributed by atoms with Gasteiger partial charge in [0.05, 0.1) is 23.6 Å². The molecule has 1 unspecified atom stereocenters. The number of rotatable bonds is 5. The van der Waals surface area contributed by atoms with E-state index >= 15 is 0 Å². The van der Waals surface area contributed by atoms with E-state index in [1.807, 2.05) is 0 Å². The van der Waals surface area contributed by atoms with E-state index in [1.165, 1.54) is 19.2 Å². The van der Waals surface area contributed by atoms with E-state index in [-0.39, 0.29) is 5.92 Å². The first-order valence-electron chi connectivity index (χ1n) is 9.06. The fourth-order valence-corrected chi connectivity index (χ4v) is 3.17. The van der Waals surface area contributed by atoms with Crippen molar-refractivity contribution in [3.63, 3.8) is 0 Å². The summed E-state index contributed by atoms with van der Waals surface area (Å²) in [6.45, 7) is 3.51. The van der Waals surface area contributed by atoms with E-state index in [4.69, 9.17) is 0 Å². The summed E-state index contributed by atoms with van der Waals surface area (Å²) in [7, 11) is 1.28. The van der Waals surface area contributed by atoms with Crippen LogP contribution in [0.2, 0.25) is 0 Å². The smallest absolute Gasteiger partial charge is 0.337 e. The number of hydrogen-bond donors (Lipinski definition) is 2. The number of carbonyl (C=O) groups is 2. The third kappa shape index (κ3) is 3.96. The first-order chi connectivity index (χ1) is 13.8. The second-order valence-electron chi connectivity index (χ2n) is 6.90. The molecule has 0 radical (unpaired) electrons. The molecule has 2 aromatic carbocycles. The molecule has 2 N–H and O–H groups in total. The largest absolute Gasteiger partial charge is 0.465 e. The first kappa shape index (κ1) is 20.1. The average Bonchev–Trinajstić information content (AvgIpc) is 2.70. The lowest BCUT2D eigenvalue weighted by molar-refractivity contribution is -0.120. The molecule has 8 nitrogen and oxygen atoms in total. The molecule has 1 heterocycles. The zero-order chi connectivity index (χ0) is 21.1. The summed E-state index contributed by atoms with van der Waals surface area (Å²) in [5.41, 5.74) is 0.00885. The molecule has 8 heteroatoms. The summed E-state index contributed by atoms with van der Waals surface area (Å²) < 4.78 is 5.59. The van der Waals surface area contributed by atoms with Gasteiger partial charge in [0, 0.05) is 5.69 Å². The van der Waals surface area contributed by atoms with E-state index in [0.29, 0.717) is 22.2 Å². The van der Waals surface area contributed by atoms with Gasteiger partial charge in [-0.3, -0.25) is 9.59 Å². The number of benzene rings is 2. The van der Waals surface area contributed by atoms with Crippen LogP contribution in [0.3, 0.4) is 0 Å². The van der Waals surface area contributed by atoms with Crippen LogP contribution < -0.4 is 16.6 Å². The summed E-state index contributed by atoms with van der Waals surface area (Å²) in [5.74, 6) is -1.32. The Bertz CT molecular complexity index is 1180. The lowest BCUT2D eigenvalue weighted by atomic mass is 10.0. The zero-order valence-corrected chi connectivity index (χ0v) is 16.3. The number of ether oxygens (including phenoxy) is 1. The highest BCUT2D eigenvalue weighted by molar-refractivity contribution is 5.95. The van der Waals surface area contributed by atoms with Crippen LogP contribution in [0, 0.1) is 5.92 Å². The van der Waals surface area contributed by atoms with Gasteiger partial charge < -0.3 is 15.0 Å². The number of carbonyl (C=O) groups excluding carboxylic acids is 2. The Hall–Kier alpha value is -3.68. The molecular weight excluding hydrogens is 374 g/mol. The summed E-state index contributed by atoms with van der Waals surface area (Å²) in [6, 6.07) is 11.8. The summed E-state index contributed by atoms with van der Waals surface area (Å²) >= 11 is 0. The minimum atomic E-state index is -1.02. The predicted molar refractivity (Wildman–Crippen MR) is 109 cm³/mol. The van der Waals surface area contributed by atoms with Gasteiger partial charge in [0.1, 0.15) is 6.04 Å². The number of esters is 1. The third-order valence-electron chi connectivity index (χ3n) is 4.59. The van der Waals surface area contributed by atoms with Gasteiger partial charge in [-0.15, -0.1) is 0 Å². The third-order valence-corrected chi connectivity index (χ3v) is 4.59. The minimum absolute atomic E-state index is 0.327. The van der Waals surface area contributed by atoms with Crippen LogP contribution in [0.4, 0.5) is 5.69 Å². The van der Waals surface area contributed by atoms with Crippen molar-refractivity contribution in [3.05, 3.63) is 74.9 Å². The number of H-pyrrole nitrogens is 1. The normalized spacial score (nSPS) is 12.0. The Morgan fingerprint density at radius 2 is 1.69 bits per heavy atom. The van der Waals surface area contributed by atoms with Gasteiger partial charge in [-0.05, 0) is 42.3 Å². The number of para-hydroxylation sites is 1. The maximum atomic E-state index is 13.0. The molecule has 0 bridgehead atoms. The van der Waals surface area contributed by atoms with Gasteiger partial charge in [-0.25, -0.2) is 14.2 Å². The van der Waals surface area contributed by atoms with Gasteiger partial charge in [-0.2, -0.15) is 0 Å². The number of anilines is 1. The van der Waals surface area contributed by atoms with Crippen molar-refractivity contribution in [3.8, 4) is 0 Å². The zero-order valence-electron chi connectivity index (χ0n) is 16.3. The van der Waals surface area contributed by atoms with Crippen molar-refractivity contribution in [2.24, 2.45) is 5.92 Å². The minimum Gasteiger partial charge on any atom is -0.465 e. The average molecular weight is 395 g/mol. The van der Waals surface area contributed by atoms with Crippen LogP contribution in [0.1, 0.15) is 30.2 Å². The molecule has 1 aromatic heterocycles. The van der Waals surface area contributed by atoms with Gasteiger partial charge in [-0.1, -0.05) is 26.0 Å². The Labute approximate surface area is 166 Å². The lowest BCUT2D eigenvalue weighted by Gasteiger charge is -2.22. The van der Waals surface area contributed by atoms with Gasteiger partial charge >= 0.3 is 11.7 Å². The van der Waals surface area contributed by atoms with Crippen molar-refractivity contribution in [2.45, 2.75) is 19.9 Å². The van der Waals surface area contributed by atoms with E-state index in [1.54, 1.807) is 50.2 Å². The van der Waals surface area contributed by atoms with E-state index in [0.717, 1.165) is 4.57 Å². The summed E-state index contributed by atoms with van der Waals surface area (Å²) in [5, 5.41) is 3.03. The number of amides is 1. The molecule has 29 heavy (non-hydrogen) atoms. The number of fused-ring (bicyclic) bond motifs is 1. The SMILES string of the molecule is COC(=O)c1ccc(NC(=O)C(C(C)C)n2c(=O)[nH]c3ccccc3c2=O)cc1. The number of aromatic nitrogens is 2. The quantitative estimate of drug-likeness (QED) is 0.644. The van der Waals surface area contributed by atoms with E-state index in [9.17, 15) is 19.2 Å². The van der Waals surface area contributed by atoms with Crippen molar-refractivity contribution in [2.75, 3.05) is 12.4 Å². The monoisotopic (exact) mass is 395 g/mol.